The number of nitrogens with zero attached hydrogens (tertiary/aromatic N) is 4. The smallest absolute Gasteiger partial charge is 0.281 e. The number of azo groups is 1. The van der Waals surface area contributed by atoms with Crippen molar-refractivity contribution in [1.29, 1.82) is 5.26 Å². The molecular formula is C16H15N5O2. The molecule has 0 fully saturated rings. The van der Waals surface area contributed by atoms with Gasteiger partial charge in [0, 0.05) is 17.8 Å². The molecule has 1 aromatic heterocycles. The standard InChI is InChI=1S/C16H15N5O2/c1-3-7-21-15(22)13(9-17)10(2)14(16(21)23)20-19-12-6-4-5-11(18)8-12/h3-6,8,22H,1,7,18H2,2H3. The number of allylic oxidation sites excluding steroid dienone is 1. The summed E-state index contributed by atoms with van der Waals surface area (Å²) in [6.45, 7) is 5.12. The molecule has 0 saturated heterocycles. The Bertz CT molecular complexity index is 891. The molecule has 0 bridgehead atoms. The van der Waals surface area contributed by atoms with Crippen LogP contribution in [0, 0.1) is 18.3 Å². The Labute approximate surface area is 132 Å². The summed E-state index contributed by atoms with van der Waals surface area (Å²) in [5, 5.41) is 27.1. The van der Waals surface area contributed by atoms with E-state index >= 15 is 0 Å². The number of benzene rings is 1. The Morgan fingerprint density at radius 1 is 1.48 bits per heavy atom. The fraction of sp³-hybridized carbons (Fsp3) is 0.125. The molecule has 0 aliphatic heterocycles. The van der Waals surface area contributed by atoms with Crippen LogP contribution in [0.1, 0.15) is 11.1 Å². The number of nitrogens with two attached hydrogens (primary N) is 1. The predicted molar refractivity (Wildman–Crippen MR) is 87.0 cm³/mol. The van der Waals surface area contributed by atoms with Crippen LogP contribution in [0.3, 0.4) is 0 Å². The Morgan fingerprint density at radius 2 is 2.22 bits per heavy atom. The van der Waals surface area contributed by atoms with Crippen molar-refractivity contribution in [3.05, 3.63) is 58.4 Å². The Kier molecular flexibility index (Phi) is 4.57. The summed E-state index contributed by atoms with van der Waals surface area (Å²) in [4.78, 5) is 12.4. The molecule has 0 saturated carbocycles. The Hall–Kier alpha value is -3.40. The molecule has 0 aliphatic carbocycles. The average molecular weight is 309 g/mol. The van der Waals surface area contributed by atoms with E-state index in [0.717, 1.165) is 4.57 Å². The monoisotopic (exact) mass is 309 g/mol. The van der Waals surface area contributed by atoms with Crippen molar-refractivity contribution in [2.24, 2.45) is 10.2 Å². The molecular weight excluding hydrogens is 294 g/mol. The van der Waals surface area contributed by atoms with Gasteiger partial charge < -0.3 is 10.8 Å². The van der Waals surface area contributed by atoms with Crippen LogP contribution in [0.15, 0.2) is 51.9 Å². The van der Waals surface area contributed by atoms with Crippen molar-refractivity contribution < 1.29 is 5.11 Å². The van der Waals surface area contributed by atoms with Crippen LogP contribution in [-0.4, -0.2) is 9.67 Å². The lowest BCUT2D eigenvalue weighted by Crippen LogP contribution is -2.21. The molecule has 2 aromatic rings. The van der Waals surface area contributed by atoms with Crippen molar-refractivity contribution in [3.63, 3.8) is 0 Å². The topological polar surface area (TPSA) is 117 Å². The first-order valence-electron chi connectivity index (χ1n) is 6.74. The van der Waals surface area contributed by atoms with Gasteiger partial charge in [0.05, 0.1) is 5.69 Å². The molecule has 116 valence electrons. The van der Waals surface area contributed by atoms with Crippen LogP contribution in [0.2, 0.25) is 0 Å². The molecule has 7 nitrogen and oxygen atoms in total. The summed E-state index contributed by atoms with van der Waals surface area (Å²) >= 11 is 0. The van der Waals surface area contributed by atoms with Crippen LogP contribution in [-0.2, 0) is 6.54 Å². The van der Waals surface area contributed by atoms with E-state index in [1.54, 1.807) is 24.3 Å². The SMILES string of the molecule is C=CCn1c(O)c(C#N)c(C)c(N=Nc2cccc(N)c2)c1=O. The molecule has 23 heavy (non-hydrogen) atoms. The van der Waals surface area contributed by atoms with E-state index in [1.165, 1.54) is 13.0 Å². The van der Waals surface area contributed by atoms with E-state index in [9.17, 15) is 15.2 Å². The molecule has 2 rings (SSSR count). The average Bonchev–Trinajstić information content (AvgIpc) is 2.52. The summed E-state index contributed by atoms with van der Waals surface area (Å²) < 4.78 is 1.02. The maximum atomic E-state index is 12.4. The second-order valence-electron chi connectivity index (χ2n) is 4.78. The number of aromatic hydroxyl groups is 1. The summed E-state index contributed by atoms with van der Waals surface area (Å²) in [5.41, 5.74) is 6.34. The highest BCUT2D eigenvalue weighted by atomic mass is 16.3. The number of hydrogen-bond donors (Lipinski definition) is 2. The van der Waals surface area contributed by atoms with Gasteiger partial charge in [-0.2, -0.15) is 10.4 Å². The summed E-state index contributed by atoms with van der Waals surface area (Å²) in [5.74, 6) is -0.405. The number of aromatic nitrogens is 1. The minimum Gasteiger partial charge on any atom is -0.493 e. The highest BCUT2D eigenvalue weighted by molar-refractivity contribution is 5.57. The molecule has 0 spiro atoms. The second-order valence-corrected chi connectivity index (χ2v) is 4.78. The van der Waals surface area contributed by atoms with Gasteiger partial charge >= 0.3 is 0 Å². The summed E-state index contributed by atoms with van der Waals surface area (Å²) in [6, 6.07) is 8.58. The zero-order chi connectivity index (χ0) is 17.0. The zero-order valence-electron chi connectivity index (χ0n) is 12.5. The van der Waals surface area contributed by atoms with Crippen LogP contribution in [0.25, 0.3) is 0 Å². The van der Waals surface area contributed by atoms with E-state index in [1.807, 2.05) is 6.07 Å². The van der Waals surface area contributed by atoms with Crippen molar-refractivity contribution in [2.75, 3.05) is 5.73 Å². The van der Waals surface area contributed by atoms with E-state index in [4.69, 9.17) is 5.73 Å². The van der Waals surface area contributed by atoms with Gasteiger partial charge in [-0.3, -0.25) is 9.36 Å². The van der Waals surface area contributed by atoms with Gasteiger partial charge in [-0.05, 0) is 25.1 Å². The third-order valence-electron chi connectivity index (χ3n) is 3.22. The minimum absolute atomic E-state index is 0.0105. The van der Waals surface area contributed by atoms with Crippen LogP contribution in [0.5, 0.6) is 5.88 Å². The quantitative estimate of drug-likeness (QED) is 0.513. The lowest BCUT2D eigenvalue weighted by Gasteiger charge is -2.11. The van der Waals surface area contributed by atoms with Crippen molar-refractivity contribution in [3.8, 4) is 11.9 Å². The van der Waals surface area contributed by atoms with E-state index < -0.39 is 11.4 Å². The lowest BCUT2D eigenvalue weighted by molar-refractivity contribution is 0.414. The maximum absolute atomic E-state index is 12.4. The van der Waals surface area contributed by atoms with E-state index in [2.05, 4.69) is 16.8 Å². The van der Waals surface area contributed by atoms with Crippen LogP contribution in [0.4, 0.5) is 17.1 Å². The molecule has 0 unspecified atom stereocenters. The molecule has 1 aromatic carbocycles. The molecule has 0 atom stereocenters. The normalized spacial score (nSPS) is 10.6. The Morgan fingerprint density at radius 3 is 2.83 bits per heavy atom. The number of rotatable bonds is 4. The largest absolute Gasteiger partial charge is 0.493 e. The van der Waals surface area contributed by atoms with Gasteiger partial charge in [0.2, 0.25) is 5.88 Å². The Balaban J connectivity index is 2.62. The predicted octanol–water partition coefficient (Wildman–Crippen LogP) is 2.92. The number of nitriles is 1. The zero-order valence-corrected chi connectivity index (χ0v) is 12.5. The van der Waals surface area contributed by atoms with Crippen molar-refractivity contribution in [1.82, 2.24) is 4.57 Å². The van der Waals surface area contributed by atoms with E-state index in [0.29, 0.717) is 11.4 Å². The van der Waals surface area contributed by atoms with Crippen LogP contribution < -0.4 is 11.3 Å². The molecule has 0 aliphatic rings. The number of nitrogen functional groups attached to an aromatic ring is 1. The number of anilines is 1. The van der Waals surface area contributed by atoms with Crippen molar-refractivity contribution in [2.45, 2.75) is 13.5 Å². The number of pyridine rings is 1. The number of hydrogen-bond acceptors (Lipinski definition) is 6. The minimum atomic E-state index is -0.549. The van der Waals surface area contributed by atoms with Crippen LogP contribution >= 0.6 is 0 Å². The fourth-order valence-corrected chi connectivity index (χ4v) is 2.05. The highest BCUT2D eigenvalue weighted by Gasteiger charge is 2.18. The molecule has 3 N–H and O–H groups in total. The summed E-state index contributed by atoms with van der Waals surface area (Å²) in [7, 11) is 0. The van der Waals surface area contributed by atoms with Gasteiger partial charge in [0.25, 0.3) is 5.56 Å². The first-order valence-corrected chi connectivity index (χ1v) is 6.74. The first-order chi connectivity index (χ1) is 11.0. The molecule has 1 heterocycles. The third-order valence-corrected chi connectivity index (χ3v) is 3.22. The highest BCUT2D eigenvalue weighted by Crippen LogP contribution is 2.27. The summed E-state index contributed by atoms with van der Waals surface area (Å²) in [6.07, 6.45) is 1.44. The van der Waals surface area contributed by atoms with Gasteiger partial charge in [0.15, 0.2) is 5.69 Å². The first kappa shape index (κ1) is 16.0. The van der Waals surface area contributed by atoms with Gasteiger partial charge in [-0.1, -0.05) is 12.1 Å². The fourth-order valence-electron chi connectivity index (χ4n) is 2.05. The molecule has 0 radical (unpaired) electrons. The second kappa shape index (κ2) is 6.58. The third kappa shape index (κ3) is 3.11. The van der Waals surface area contributed by atoms with Gasteiger partial charge in [-0.25, -0.2) is 0 Å². The van der Waals surface area contributed by atoms with E-state index in [-0.39, 0.29) is 23.4 Å². The van der Waals surface area contributed by atoms with Gasteiger partial charge in [0.1, 0.15) is 11.6 Å². The molecule has 0 amide bonds. The molecule has 7 heteroatoms. The van der Waals surface area contributed by atoms with Crippen molar-refractivity contribution >= 4 is 17.1 Å². The maximum Gasteiger partial charge on any atom is 0.281 e. The van der Waals surface area contributed by atoms with Gasteiger partial charge in [-0.15, -0.1) is 11.7 Å². The lowest BCUT2D eigenvalue weighted by atomic mass is 10.1.